The van der Waals surface area contributed by atoms with Gasteiger partial charge in [-0.15, -0.1) is 0 Å². The zero-order valence-corrected chi connectivity index (χ0v) is 14.7. The maximum atomic E-state index is 13.2. The van der Waals surface area contributed by atoms with Crippen LogP contribution in [0.5, 0.6) is 0 Å². The van der Waals surface area contributed by atoms with E-state index in [-0.39, 0.29) is 11.7 Å². The van der Waals surface area contributed by atoms with Crippen molar-refractivity contribution in [2.45, 2.75) is 25.2 Å². The predicted molar refractivity (Wildman–Crippen MR) is 103 cm³/mol. The molecule has 5 aliphatic rings. The zero-order chi connectivity index (χ0) is 17.6. The van der Waals surface area contributed by atoms with E-state index in [2.05, 4.69) is 61.5 Å². The molecule has 0 unspecified atom stereocenters. The number of allylic oxidation sites excluding steroid dienone is 6. The molecule has 2 aromatic rings. The van der Waals surface area contributed by atoms with Gasteiger partial charge < -0.3 is 0 Å². The van der Waals surface area contributed by atoms with Gasteiger partial charge in [0.25, 0.3) is 0 Å². The third-order valence-corrected chi connectivity index (χ3v) is 6.26. The molecule has 7 rings (SSSR count). The highest BCUT2D eigenvalue weighted by atomic mass is 16.1. The minimum absolute atomic E-state index is 0.0378. The second-order valence-electron chi connectivity index (χ2n) is 7.69. The molecule has 0 radical (unpaired) electrons. The maximum absolute atomic E-state index is 13.2. The van der Waals surface area contributed by atoms with Gasteiger partial charge in [-0.25, -0.2) is 4.99 Å². The fraction of sp³-hybridized carbons (Fsp3) is 0.167. The number of aliphatic imine (C=N–C) groups is 1. The summed E-state index contributed by atoms with van der Waals surface area (Å²) in [7, 11) is 0. The number of benzene rings is 2. The lowest BCUT2D eigenvalue weighted by atomic mass is 9.52. The number of hydrogen-bond acceptors (Lipinski definition) is 2. The molecule has 0 aromatic heterocycles. The van der Waals surface area contributed by atoms with Gasteiger partial charge in [0.15, 0.2) is 5.78 Å². The topological polar surface area (TPSA) is 29.4 Å². The van der Waals surface area contributed by atoms with Crippen molar-refractivity contribution in [2.75, 3.05) is 0 Å². The molecule has 1 aliphatic heterocycles. The molecule has 0 N–H and O–H groups in total. The van der Waals surface area contributed by atoms with Crippen molar-refractivity contribution in [2.24, 2.45) is 4.99 Å². The predicted octanol–water partition coefficient (Wildman–Crippen LogP) is 4.86. The number of fused-ring (bicyclic) bond motifs is 1. The first-order chi connectivity index (χ1) is 12.6. The standard InChI is InChI=1S/C24H17NO/c1-13-7-8-19-18(11-13)24-10-9-16(15-5-3-4-6-17(15)24)21-22(24)20(25-19)12-14(2)23(21)26/h3-12,16H,1-2H3/t16-,24+/m1/s1. The van der Waals surface area contributed by atoms with Crippen LogP contribution >= 0.6 is 0 Å². The molecule has 2 aromatic carbocycles. The molecular weight excluding hydrogens is 318 g/mol. The Morgan fingerprint density at radius 2 is 1.88 bits per heavy atom. The number of nitrogens with zero attached hydrogens (tertiary/aromatic N) is 1. The third kappa shape index (κ3) is 1.42. The zero-order valence-electron chi connectivity index (χ0n) is 14.7. The van der Waals surface area contributed by atoms with Crippen molar-refractivity contribution in [3.05, 3.63) is 99.7 Å². The number of carbonyl (C=O) groups excluding carboxylic acids is 1. The van der Waals surface area contributed by atoms with E-state index >= 15 is 0 Å². The molecule has 1 spiro atoms. The fourth-order valence-electron chi connectivity index (χ4n) is 5.20. The Kier molecular flexibility index (Phi) is 2.40. The van der Waals surface area contributed by atoms with Crippen molar-refractivity contribution >= 4 is 17.2 Å². The van der Waals surface area contributed by atoms with Gasteiger partial charge in [0, 0.05) is 17.1 Å². The van der Waals surface area contributed by atoms with E-state index < -0.39 is 5.41 Å². The smallest absolute Gasteiger partial charge is 0.186 e. The summed E-state index contributed by atoms with van der Waals surface area (Å²) in [6, 6.07) is 15.0. The SMILES string of the molecule is CC1=CC2=Nc3ccc(C)cc3[C@@]34C=C[C@@H](C(=C23)C1=O)c1ccccc14. The maximum Gasteiger partial charge on any atom is 0.186 e. The van der Waals surface area contributed by atoms with Crippen LogP contribution in [-0.4, -0.2) is 11.5 Å². The molecule has 0 fully saturated rings. The van der Waals surface area contributed by atoms with Crippen LogP contribution in [0, 0.1) is 6.92 Å². The van der Waals surface area contributed by atoms with E-state index in [1.807, 2.05) is 13.0 Å². The van der Waals surface area contributed by atoms with E-state index in [9.17, 15) is 4.79 Å². The van der Waals surface area contributed by atoms with Crippen LogP contribution in [0.3, 0.4) is 0 Å². The van der Waals surface area contributed by atoms with Gasteiger partial charge >= 0.3 is 0 Å². The minimum Gasteiger partial charge on any atom is -0.289 e. The summed E-state index contributed by atoms with van der Waals surface area (Å²) in [6.07, 6.45) is 6.52. The largest absolute Gasteiger partial charge is 0.289 e. The van der Waals surface area contributed by atoms with Crippen molar-refractivity contribution in [3.63, 3.8) is 0 Å². The van der Waals surface area contributed by atoms with Crippen LogP contribution in [0.1, 0.15) is 35.1 Å². The van der Waals surface area contributed by atoms with E-state index in [0.29, 0.717) is 0 Å². The van der Waals surface area contributed by atoms with E-state index in [4.69, 9.17) is 4.99 Å². The van der Waals surface area contributed by atoms with Gasteiger partial charge in [-0.1, -0.05) is 54.1 Å². The van der Waals surface area contributed by atoms with Crippen LogP contribution in [0.4, 0.5) is 5.69 Å². The van der Waals surface area contributed by atoms with Crippen molar-refractivity contribution in [1.82, 2.24) is 0 Å². The number of Topliss-reactive ketones (excluding diaryl/α,β-unsaturated/α-hetero) is 1. The summed E-state index contributed by atoms with van der Waals surface area (Å²) < 4.78 is 0. The quantitative estimate of drug-likeness (QED) is 0.499. The Hall–Kier alpha value is -3.00. The normalized spacial score (nSPS) is 26.8. The summed E-state index contributed by atoms with van der Waals surface area (Å²) in [6.45, 7) is 4.02. The Balaban J connectivity index is 1.84. The average molecular weight is 335 g/mol. The molecule has 2 atom stereocenters. The summed E-state index contributed by atoms with van der Waals surface area (Å²) in [5.74, 6) is 0.207. The summed E-state index contributed by atoms with van der Waals surface area (Å²) in [4.78, 5) is 18.1. The second-order valence-corrected chi connectivity index (χ2v) is 7.69. The molecule has 2 heteroatoms. The monoisotopic (exact) mass is 335 g/mol. The van der Waals surface area contributed by atoms with Crippen molar-refractivity contribution in [3.8, 4) is 0 Å². The minimum atomic E-state index is -0.397. The van der Waals surface area contributed by atoms with Crippen molar-refractivity contribution < 1.29 is 4.79 Å². The van der Waals surface area contributed by atoms with Gasteiger partial charge in [0.2, 0.25) is 0 Å². The van der Waals surface area contributed by atoms with Gasteiger partial charge in [0.1, 0.15) is 0 Å². The summed E-state index contributed by atoms with van der Waals surface area (Å²) in [5.41, 5.74) is 9.34. The highest BCUT2D eigenvalue weighted by molar-refractivity contribution is 6.28. The lowest BCUT2D eigenvalue weighted by molar-refractivity contribution is -0.112. The lowest BCUT2D eigenvalue weighted by Crippen LogP contribution is -2.45. The number of carbonyl (C=O) groups is 1. The first-order valence-electron chi connectivity index (χ1n) is 9.08. The first kappa shape index (κ1) is 14.2. The Bertz CT molecular complexity index is 1170. The number of aryl methyl sites for hydroxylation is 1. The molecule has 4 aliphatic carbocycles. The fourth-order valence-corrected chi connectivity index (χ4v) is 5.20. The molecule has 26 heavy (non-hydrogen) atoms. The second kappa shape index (κ2) is 4.39. The molecule has 124 valence electrons. The van der Waals surface area contributed by atoms with Gasteiger partial charge in [-0.2, -0.15) is 0 Å². The summed E-state index contributed by atoms with van der Waals surface area (Å²) in [5, 5.41) is 0. The molecule has 0 saturated carbocycles. The highest BCUT2D eigenvalue weighted by Gasteiger charge is 2.54. The number of hydrogen-bond donors (Lipinski definition) is 0. The molecular formula is C24H17NO. The van der Waals surface area contributed by atoms with Crippen LogP contribution in [-0.2, 0) is 10.2 Å². The van der Waals surface area contributed by atoms with Crippen LogP contribution in [0.2, 0.25) is 0 Å². The molecule has 0 saturated heterocycles. The Morgan fingerprint density at radius 1 is 1.04 bits per heavy atom. The Morgan fingerprint density at radius 3 is 2.77 bits per heavy atom. The number of rotatable bonds is 0. The van der Waals surface area contributed by atoms with Gasteiger partial charge in [-0.05, 0) is 48.3 Å². The number of ketones is 1. The van der Waals surface area contributed by atoms with E-state index in [0.717, 1.165) is 28.1 Å². The molecule has 2 bridgehead atoms. The highest BCUT2D eigenvalue weighted by Crippen LogP contribution is 2.60. The van der Waals surface area contributed by atoms with E-state index in [1.54, 1.807) is 0 Å². The average Bonchev–Trinajstić information content (AvgIpc) is 2.67. The van der Waals surface area contributed by atoms with Crippen LogP contribution in [0.25, 0.3) is 0 Å². The van der Waals surface area contributed by atoms with Crippen LogP contribution in [0.15, 0.2) is 82.4 Å². The first-order valence-corrected chi connectivity index (χ1v) is 9.08. The van der Waals surface area contributed by atoms with Gasteiger partial charge in [-0.3, -0.25) is 4.79 Å². The van der Waals surface area contributed by atoms with Crippen LogP contribution < -0.4 is 0 Å². The molecule has 0 amide bonds. The molecule has 2 nitrogen and oxygen atoms in total. The molecule has 1 heterocycles. The van der Waals surface area contributed by atoms with Gasteiger partial charge in [0.05, 0.1) is 16.8 Å². The third-order valence-electron chi connectivity index (χ3n) is 6.26. The lowest BCUT2D eigenvalue weighted by Gasteiger charge is -2.50. The summed E-state index contributed by atoms with van der Waals surface area (Å²) >= 11 is 0. The Labute approximate surface area is 152 Å². The van der Waals surface area contributed by atoms with Crippen molar-refractivity contribution in [1.29, 1.82) is 0 Å². The van der Waals surface area contributed by atoms with E-state index in [1.165, 1.54) is 22.3 Å².